The second-order valence-electron chi connectivity index (χ2n) is 7.51. The van der Waals surface area contributed by atoms with Gasteiger partial charge in [0.2, 0.25) is 0 Å². The monoisotopic (exact) mass is 346 g/mol. The lowest BCUT2D eigenvalue weighted by atomic mass is 9.96. The number of rotatable bonds is 10. The maximum Gasteiger partial charge on any atom is 0.303 e. The van der Waals surface area contributed by atoms with E-state index < -0.39 is 5.97 Å². The van der Waals surface area contributed by atoms with Crippen LogP contribution in [-0.2, 0) is 4.79 Å². The number of carboxylic acids is 1. The lowest BCUT2D eigenvalue weighted by Gasteiger charge is -2.10. The maximum atomic E-state index is 10.5. The van der Waals surface area contributed by atoms with Gasteiger partial charge in [0.1, 0.15) is 0 Å². The third-order valence-electron chi connectivity index (χ3n) is 4.92. The van der Waals surface area contributed by atoms with Gasteiger partial charge >= 0.3 is 5.97 Å². The Labute approximate surface area is 153 Å². The van der Waals surface area contributed by atoms with E-state index in [0.717, 1.165) is 38.5 Å². The van der Waals surface area contributed by atoms with Crippen LogP contribution < -0.4 is 0 Å². The zero-order valence-electron chi connectivity index (χ0n) is 16.0. The molecule has 0 spiro atoms. The quantitative estimate of drug-likeness (QED) is 0.334. The first-order chi connectivity index (χ1) is 11.9. The summed E-state index contributed by atoms with van der Waals surface area (Å²) >= 11 is 0. The van der Waals surface area contributed by atoms with E-state index in [-0.39, 0.29) is 18.4 Å². The molecule has 0 amide bonds. The van der Waals surface area contributed by atoms with E-state index >= 15 is 0 Å². The molecule has 2 unspecified atom stereocenters. The third kappa shape index (κ3) is 9.51. The predicted octanol–water partition coefficient (Wildman–Crippen LogP) is 4.96. The van der Waals surface area contributed by atoms with E-state index in [1.165, 1.54) is 5.57 Å². The van der Waals surface area contributed by atoms with Crippen LogP contribution in [0.25, 0.3) is 0 Å². The van der Waals surface area contributed by atoms with Crippen LogP contribution in [0.15, 0.2) is 23.8 Å². The lowest BCUT2D eigenvalue weighted by Crippen LogP contribution is -2.10. The number of carbonyl (C=O) groups is 1. The molecule has 4 atom stereocenters. The van der Waals surface area contributed by atoms with Crippen molar-refractivity contribution in [1.29, 1.82) is 0 Å². The molecule has 0 radical (unpaired) electrons. The van der Waals surface area contributed by atoms with Gasteiger partial charge < -0.3 is 10.2 Å². The molecule has 2 N–H and O–H groups in total. The van der Waals surface area contributed by atoms with Crippen molar-refractivity contribution in [2.75, 3.05) is 0 Å². The summed E-state index contributed by atoms with van der Waals surface area (Å²) in [6.45, 7) is 6.20. The largest absolute Gasteiger partial charge is 0.481 e. The van der Waals surface area contributed by atoms with Gasteiger partial charge in [-0.3, -0.25) is 4.79 Å². The average molecular weight is 347 g/mol. The Morgan fingerprint density at radius 2 is 2.12 bits per heavy atom. The second-order valence-corrected chi connectivity index (χ2v) is 7.51. The SMILES string of the molecule is CC#CCC(C)C/C=C/C1C[C@@H](C/C(C)=C\CCCC(=O)O)C[C@H]1O. The van der Waals surface area contributed by atoms with E-state index in [0.29, 0.717) is 18.3 Å². The van der Waals surface area contributed by atoms with E-state index in [1.54, 1.807) is 0 Å². The Morgan fingerprint density at radius 1 is 1.36 bits per heavy atom. The second kappa shape index (κ2) is 11.9. The summed E-state index contributed by atoms with van der Waals surface area (Å²) in [5, 5.41) is 18.9. The van der Waals surface area contributed by atoms with Gasteiger partial charge in [0, 0.05) is 18.8 Å². The number of aliphatic hydroxyl groups is 1. The molecule has 0 aromatic rings. The number of unbranched alkanes of at least 4 members (excludes halogenated alkanes) is 1. The minimum Gasteiger partial charge on any atom is -0.481 e. The van der Waals surface area contributed by atoms with Gasteiger partial charge in [-0.15, -0.1) is 11.8 Å². The fraction of sp³-hybridized carbons (Fsp3) is 0.682. The van der Waals surface area contributed by atoms with Gasteiger partial charge in [-0.1, -0.05) is 30.7 Å². The zero-order valence-corrected chi connectivity index (χ0v) is 16.0. The van der Waals surface area contributed by atoms with E-state index in [2.05, 4.69) is 43.9 Å². The van der Waals surface area contributed by atoms with Gasteiger partial charge in [-0.05, 0) is 64.2 Å². The summed E-state index contributed by atoms with van der Waals surface area (Å²) in [6, 6.07) is 0. The number of carboxylic acid groups (broad SMARTS) is 1. The highest BCUT2D eigenvalue weighted by Crippen LogP contribution is 2.36. The number of aliphatic hydroxyl groups excluding tert-OH is 1. The summed E-state index contributed by atoms with van der Waals surface area (Å²) in [6.07, 6.45) is 13.0. The highest BCUT2D eigenvalue weighted by molar-refractivity contribution is 5.66. The van der Waals surface area contributed by atoms with Crippen LogP contribution in [0, 0.1) is 29.6 Å². The molecule has 140 valence electrons. The molecule has 1 rings (SSSR count). The third-order valence-corrected chi connectivity index (χ3v) is 4.92. The van der Waals surface area contributed by atoms with Crippen LogP contribution in [0.1, 0.15) is 72.1 Å². The van der Waals surface area contributed by atoms with Crippen molar-refractivity contribution in [2.45, 2.75) is 78.2 Å². The summed E-state index contributed by atoms with van der Waals surface area (Å²) < 4.78 is 0. The maximum absolute atomic E-state index is 10.5. The molecule has 3 nitrogen and oxygen atoms in total. The number of aliphatic carboxylic acids is 1. The summed E-state index contributed by atoms with van der Waals surface area (Å²) in [5.74, 6) is 6.70. The topological polar surface area (TPSA) is 57.5 Å². The molecule has 1 saturated carbocycles. The Kier molecular flexibility index (Phi) is 10.3. The molecule has 0 aromatic carbocycles. The van der Waals surface area contributed by atoms with Crippen LogP contribution >= 0.6 is 0 Å². The molecule has 1 aliphatic carbocycles. The number of hydrogen-bond acceptors (Lipinski definition) is 2. The minimum absolute atomic E-state index is 0.230. The van der Waals surface area contributed by atoms with Crippen LogP contribution in [0.3, 0.4) is 0 Å². The van der Waals surface area contributed by atoms with Crippen molar-refractivity contribution in [3.63, 3.8) is 0 Å². The first-order valence-electron chi connectivity index (χ1n) is 9.54. The van der Waals surface area contributed by atoms with Crippen LogP contribution in [0.5, 0.6) is 0 Å². The van der Waals surface area contributed by atoms with Crippen molar-refractivity contribution in [1.82, 2.24) is 0 Å². The summed E-state index contributed by atoms with van der Waals surface area (Å²) in [7, 11) is 0. The Bertz CT molecular complexity index is 521. The van der Waals surface area contributed by atoms with Gasteiger partial charge in [0.25, 0.3) is 0 Å². The number of hydrogen-bond donors (Lipinski definition) is 2. The molecule has 0 saturated heterocycles. The first kappa shape index (κ1) is 21.5. The molecule has 1 fully saturated rings. The van der Waals surface area contributed by atoms with E-state index in [9.17, 15) is 9.90 Å². The smallest absolute Gasteiger partial charge is 0.303 e. The van der Waals surface area contributed by atoms with Gasteiger partial charge in [0.15, 0.2) is 0 Å². The predicted molar refractivity (Wildman–Crippen MR) is 103 cm³/mol. The Morgan fingerprint density at radius 3 is 2.80 bits per heavy atom. The molecule has 0 aliphatic heterocycles. The van der Waals surface area contributed by atoms with Crippen molar-refractivity contribution in [2.24, 2.45) is 17.8 Å². The van der Waals surface area contributed by atoms with Gasteiger partial charge in [-0.2, -0.15) is 0 Å². The van der Waals surface area contributed by atoms with Crippen molar-refractivity contribution in [3.05, 3.63) is 23.8 Å². The standard InChI is InChI=1S/C22H34O3/c1-4-5-9-17(2)11-8-12-20-15-19(16-21(20)23)14-18(3)10-6-7-13-22(24)25/h8,10,12,17,19-21,23H,6-7,9,11,13-16H2,1-3H3,(H,24,25)/b12-8+,18-10-/t17?,19-,20?,21-/m1/s1. The van der Waals surface area contributed by atoms with Crippen LogP contribution in [0.2, 0.25) is 0 Å². The summed E-state index contributed by atoms with van der Waals surface area (Å²) in [5.41, 5.74) is 1.32. The lowest BCUT2D eigenvalue weighted by molar-refractivity contribution is -0.137. The van der Waals surface area contributed by atoms with Crippen molar-refractivity contribution < 1.29 is 15.0 Å². The average Bonchev–Trinajstić information content (AvgIpc) is 2.89. The summed E-state index contributed by atoms with van der Waals surface area (Å²) in [4.78, 5) is 10.5. The Hall–Kier alpha value is -1.53. The molecule has 1 aliphatic rings. The normalized spacial score (nSPS) is 25.0. The van der Waals surface area contributed by atoms with Crippen LogP contribution in [-0.4, -0.2) is 22.3 Å². The highest BCUT2D eigenvalue weighted by atomic mass is 16.4. The minimum atomic E-state index is -0.726. The zero-order chi connectivity index (χ0) is 18.7. The fourth-order valence-corrected chi connectivity index (χ4v) is 3.51. The van der Waals surface area contributed by atoms with Crippen molar-refractivity contribution in [3.8, 4) is 11.8 Å². The molecule has 0 bridgehead atoms. The molecule has 0 heterocycles. The van der Waals surface area contributed by atoms with Gasteiger partial charge in [0.05, 0.1) is 6.10 Å². The highest BCUT2D eigenvalue weighted by Gasteiger charge is 2.30. The Balaban J connectivity index is 2.34. The van der Waals surface area contributed by atoms with E-state index in [4.69, 9.17) is 5.11 Å². The van der Waals surface area contributed by atoms with Crippen molar-refractivity contribution >= 4 is 5.97 Å². The first-order valence-corrected chi connectivity index (χ1v) is 9.54. The number of allylic oxidation sites excluding steroid dienone is 3. The van der Waals surface area contributed by atoms with Crippen LogP contribution in [0.4, 0.5) is 0 Å². The van der Waals surface area contributed by atoms with Gasteiger partial charge in [-0.25, -0.2) is 0 Å². The molecule has 25 heavy (non-hydrogen) atoms. The molecule has 0 aromatic heterocycles. The molecular weight excluding hydrogens is 312 g/mol. The molecular formula is C22H34O3. The molecule has 3 heteroatoms. The van der Waals surface area contributed by atoms with E-state index in [1.807, 2.05) is 6.92 Å². The fourth-order valence-electron chi connectivity index (χ4n) is 3.51.